The molecular weight excluding hydrogens is 274 g/mol. The largest absolute Gasteiger partial charge is 0.462 e. The molecule has 0 aromatic heterocycles. The zero-order valence-electron chi connectivity index (χ0n) is 11.0. The average Bonchev–Trinajstić information content (AvgIpc) is 2.49. The van der Waals surface area contributed by atoms with Crippen LogP contribution in [-0.2, 0) is 15.7 Å². The lowest BCUT2D eigenvalue weighted by molar-refractivity contribution is 0.0526. The highest BCUT2D eigenvalue weighted by molar-refractivity contribution is 7.86. The number of esters is 1. The van der Waals surface area contributed by atoms with Crippen LogP contribution in [-0.4, -0.2) is 16.8 Å². The van der Waals surface area contributed by atoms with Gasteiger partial charge < -0.3 is 9.46 Å². The van der Waals surface area contributed by atoms with Gasteiger partial charge in [0.25, 0.3) is 0 Å². The second-order valence-electron chi connectivity index (χ2n) is 3.98. The van der Waals surface area contributed by atoms with E-state index in [1.54, 1.807) is 43.3 Å². The minimum atomic E-state index is -1.32. The Kier molecular flexibility index (Phi) is 4.90. The lowest BCUT2D eigenvalue weighted by atomic mass is 10.2. The number of hydrogen-bond acceptors (Lipinski definition) is 3. The maximum Gasteiger partial charge on any atom is 0.338 e. The van der Waals surface area contributed by atoms with Gasteiger partial charge in [0.15, 0.2) is 0 Å². The van der Waals surface area contributed by atoms with Crippen LogP contribution in [0.3, 0.4) is 0 Å². The molecule has 2 rings (SSSR count). The van der Waals surface area contributed by atoms with Crippen molar-refractivity contribution in [3.05, 3.63) is 60.2 Å². The smallest absolute Gasteiger partial charge is 0.338 e. The Labute approximate surface area is 120 Å². The van der Waals surface area contributed by atoms with Crippen molar-refractivity contribution in [3.8, 4) is 0 Å². The van der Waals surface area contributed by atoms with E-state index in [9.17, 15) is 9.00 Å². The number of benzene rings is 2. The number of ether oxygens (including phenoxy) is 1. The van der Waals surface area contributed by atoms with Crippen LogP contribution in [0.4, 0.5) is 5.69 Å². The van der Waals surface area contributed by atoms with Crippen molar-refractivity contribution in [2.24, 2.45) is 0 Å². The first kappa shape index (κ1) is 14.3. The Bertz CT molecular complexity index is 596. The molecule has 0 saturated heterocycles. The summed E-state index contributed by atoms with van der Waals surface area (Å²) in [5.74, 6) is -0.358. The van der Waals surface area contributed by atoms with Gasteiger partial charge in [0.2, 0.25) is 0 Å². The summed E-state index contributed by atoms with van der Waals surface area (Å²) >= 11 is 0. The number of anilines is 1. The van der Waals surface area contributed by atoms with Crippen LogP contribution in [0.5, 0.6) is 0 Å². The molecule has 2 aromatic rings. The molecule has 0 spiro atoms. The van der Waals surface area contributed by atoms with Crippen LogP contribution in [0.2, 0.25) is 0 Å². The zero-order valence-corrected chi connectivity index (χ0v) is 11.9. The summed E-state index contributed by atoms with van der Waals surface area (Å²) in [5.41, 5.74) is 1.16. The fraction of sp³-hybridized carbons (Fsp3) is 0.133. The van der Waals surface area contributed by atoms with Crippen LogP contribution >= 0.6 is 0 Å². The topological polar surface area (TPSA) is 55.4 Å². The van der Waals surface area contributed by atoms with E-state index in [1.807, 2.05) is 18.2 Å². The van der Waals surface area contributed by atoms with E-state index in [2.05, 4.69) is 4.72 Å². The van der Waals surface area contributed by atoms with Gasteiger partial charge in [0.1, 0.15) is 11.0 Å². The van der Waals surface area contributed by atoms with Gasteiger partial charge in [0, 0.05) is 5.69 Å². The van der Waals surface area contributed by atoms with Crippen LogP contribution in [0.25, 0.3) is 0 Å². The van der Waals surface area contributed by atoms with Crippen LogP contribution in [0.1, 0.15) is 17.3 Å². The quantitative estimate of drug-likeness (QED) is 0.861. The average molecular weight is 289 g/mol. The molecule has 0 aliphatic carbocycles. The molecule has 2 aromatic carbocycles. The highest BCUT2D eigenvalue weighted by Gasteiger charge is 2.07. The van der Waals surface area contributed by atoms with Gasteiger partial charge in [-0.25, -0.2) is 9.00 Å². The summed E-state index contributed by atoms with van der Waals surface area (Å²) < 4.78 is 19.8. The normalized spacial score (nSPS) is 11.7. The second-order valence-corrected chi connectivity index (χ2v) is 5.19. The molecule has 4 nitrogen and oxygen atoms in total. The third kappa shape index (κ3) is 3.68. The molecule has 0 aliphatic heterocycles. The molecule has 1 N–H and O–H groups in total. The first-order valence-electron chi connectivity index (χ1n) is 6.21. The molecule has 0 fully saturated rings. The van der Waals surface area contributed by atoms with Crippen molar-refractivity contribution in [1.82, 2.24) is 0 Å². The summed E-state index contributed by atoms with van der Waals surface area (Å²) in [6.07, 6.45) is 0. The van der Waals surface area contributed by atoms with Crippen molar-refractivity contribution in [3.63, 3.8) is 0 Å². The molecule has 0 heterocycles. The van der Waals surface area contributed by atoms with Gasteiger partial charge >= 0.3 is 5.97 Å². The summed E-state index contributed by atoms with van der Waals surface area (Å²) in [6.45, 7) is 2.10. The van der Waals surface area contributed by atoms with Gasteiger partial charge in [-0.3, -0.25) is 0 Å². The number of carbonyl (C=O) groups excluding carboxylic acids is 1. The SMILES string of the molecule is CCOC(=O)c1ccc(NS(=O)c2ccccc2)cc1. The Morgan fingerprint density at radius 2 is 1.75 bits per heavy atom. The molecule has 0 saturated carbocycles. The van der Waals surface area contributed by atoms with E-state index in [-0.39, 0.29) is 5.97 Å². The van der Waals surface area contributed by atoms with Gasteiger partial charge in [-0.1, -0.05) is 18.2 Å². The van der Waals surface area contributed by atoms with Crippen molar-refractivity contribution >= 4 is 22.6 Å². The highest BCUT2D eigenvalue weighted by atomic mass is 32.2. The lowest BCUT2D eigenvalue weighted by Crippen LogP contribution is -2.06. The minimum absolute atomic E-state index is 0.344. The maximum atomic E-state index is 12.0. The standard InChI is InChI=1S/C15H15NO3S/c1-2-19-15(17)12-8-10-13(11-9-12)16-20(18)14-6-4-3-5-7-14/h3-11,16H,2H2,1H3. The summed E-state index contributed by atoms with van der Waals surface area (Å²) in [5, 5.41) is 0. The van der Waals surface area contributed by atoms with E-state index in [1.165, 1.54) is 0 Å². The van der Waals surface area contributed by atoms with Gasteiger partial charge in [-0.05, 0) is 43.3 Å². The Hall–Kier alpha value is -2.14. The molecule has 0 amide bonds. The third-order valence-corrected chi connectivity index (χ3v) is 3.69. The molecule has 104 valence electrons. The van der Waals surface area contributed by atoms with Crippen LogP contribution < -0.4 is 4.72 Å². The molecule has 20 heavy (non-hydrogen) atoms. The van der Waals surface area contributed by atoms with Gasteiger partial charge in [0.05, 0.1) is 17.1 Å². The summed E-state index contributed by atoms with van der Waals surface area (Å²) in [6, 6.07) is 15.8. The molecule has 0 radical (unpaired) electrons. The fourth-order valence-corrected chi connectivity index (χ4v) is 2.47. The molecule has 1 unspecified atom stereocenters. The second kappa shape index (κ2) is 6.86. The predicted octanol–water partition coefficient (Wildman–Crippen LogP) is 3.00. The minimum Gasteiger partial charge on any atom is -0.462 e. The predicted molar refractivity (Wildman–Crippen MR) is 78.9 cm³/mol. The number of hydrogen-bond donors (Lipinski definition) is 1. The molecule has 0 aliphatic rings. The van der Waals surface area contributed by atoms with Crippen molar-refractivity contribution in [2.75, 3.05) is 11.3 Å². The first-order chi connectivity index (χ1) is 9.70. The Morgan fingerprint density at radius 1 is 1.10 bits per heavy atom. The molecule has 0 bridgehead atoms. The monoisotopic (exact) mass is 289 g/mol. The van der Waals surface area contributed by atoms with Crippen molar-refractivity contribution in [1.29, 1.82) is 0 Å². The van der Waals surface area contributed by atoms with Crippen molar-refractivity contribution in [2.45, 2.75) is 11.8 Å². The Balaban J connectivity index is 2.04. The summed E-state index contributed by atoms with van der Waals surface area (Å²) in [4.78, 5) is 12.2. The van der Waals surface area contributed by atoms with E-state index in [0.29, 0.717) is 22.8 Å². The van der Waals surface area contributed by atoms with Crippen molar-refractivity contribution < 1.29 is 13.7 Å². The highest BCUT2D eigenvalue weighted by Crippen LogP contribution is 2.14. The molecular formula is C15H15NO3S. The van der Waals surface area contributed by atoms with Crippen LogP contribution in [0, 0.1) is 0 Å². The van der Waals surface area contributed by atoms with Gasteiger partial charge in [-0.15, -0.1) is 0 Å². The molecule has 1 atom stereocenters. The summed E-state index contributed by atoms with van der Waals surface area (Å²) in [7, 11) is -1.32. The van der Waals surface area contributed by atoms with E-state index < -0.39 is 11.0 Å². The number of rotatable bonds is 5. The van der Waals surface area contributed by atoms with E-state index in [4.69, 9.17) is 4.74 Å². The third-order valence-electron chi connectivity index (χ3n) is 2.56. The molecule has 5 heteroatoms. The lowest BCUT2D eigenvalue weighted by Gasteiger charge is -2.07. The number of carbonyl (C=O) groups is 1. The van der Waals surface area contributed by atoms with E-state index in [0.717, 1.165) is 0 Å². The zero-order chi connectivity index (χ0) is 14.4. The fourth-order valence-electron chi connectivity index (χ4n) is 1.60. The van der Waals surface area contributed by atoms with Gasteiger partial charge in [-0.2, -0.15) is 0 Å². The first-order valence-corrected chi connectivity index (χ1v) is 7.36. The maximum absolute atomic E-state index is 12.0. The Morgan fingerprint density at radius 3 is 2.35 bits per heavy atom. The van der Waals surface area contributed by atoms with E-state index >= 15 is 0 Å². The number of nitrogens with one attached hydrogen (secondary N) is 1. The van der Waals surface area contributed by atoms with Crippen LogP contribution in [0.15, 0.2) is 59.5 Å².